The molecular weight excluding hydrogens is 338 g/mol. The molecule has 0 atom stereocenters. The fraction of sp³-hybridized carbons (Fsp3) is 0.389. The van der Waals surface area contributed by atoms with Crippen LogP contribution in [0.4, 0.5) is 0 Å². The van der Waals surface area contributed by atoms with Crippen LogP contribution >= 0.6 is 0 Å². The molecule has 0 aliphatic heterocycles. The summed E-state index contributed by atoms with van der Waals surface area (Å²) < 4.78 is 12.3. The first kappa shape index (κ1) is 19.5. The molecule has 1 heterocycles. The van der Waals surface area contributed by atoms with Gasteiger partial charge in [0.1, 0.15) is 19.1 Å². The lowest BCUT2D eigenvalue weighted by Gasteiger charge is -2.16. The number of hydrogen-bond donors (Lipinski definition) is 2. The normalized spacial score (nSPS) is 11.2. The largest absolute Gasteiger partial charge is 0.488 e. The molecule has 2 aromatic rings. The van der Waals surface area contributed by atoms with Crippen LogP contribution in [0.25, 0.3) is 0 Å². The summed E-state index contributed by atoms with van der Waals surface area (Å²) in [7, 11) is 0. The number of nitrogens with one attached hydrogen (secondary N) is 1. The summed E-state index contributed by atoms with van der Waals surface area (Å²) in [5, 5.41) is 11.3. The van der Waals surface area contributed by atoms with Gasteiger partial charge in [0, 0.05) is 24.3 Å². The second kappa shape index (κ2) is 9.57. The maximum atomic E-state index is 12.2. The Kier molecular flexibility index (Phi) is 7.16. The molecule has 1 aromatic carbocycles. The molecule has 8 nitrogen and oxygen atoms in total. The molecule has 0 amide bonds. The Hall–Kier alpha value is -2.87. The van der Waals surface area contributed by atoms with Gasteiger partial charge in [0.25, 0.3) is 5.56 Å². The van der Waals surface area contributed by atoms with Crippen molar-refractivity contribution in [2.45, 2.75) is 33.4 Å². The van der Waals surface area contributed by atoms with E-state index in [0.717, 1.165) is 5.56 Å². The number of aromatic amines is 1. The molecule has 0 aliphatic carbocycles. The molecule has 2 rings (SSSR count). The van der Waals surface area contributed by atoms with Crippen molar-refractivity contribution in [2.75, 3.05) is 13.2 Å². The van der Waals surface area contributed by atoms with Crippen molar-refractivity contribution in [1.82, 2.24) is 9.55 Å². The van der Waals surface area contributed by atoms with Crippen LogP contribution < -0.4 is 16.0 Å². The van der Waals surface area contributed by atoms with Crippen LogP contribution in [0.3, 0.4) is 0 Å². The van der Waals surface area contributed by atoms with E-state index in [9.17, 15) is 9.59 Å². The van der Waals surface area contributed by atoms with E-state index < -0.39 is 5.69 Å². The van der Waals surface area contributed by atoms with Crippen LogP contribution in [0.1, 0.15) is 30.7 Å². The van der Waals surface area contributed by atoms with Gasteiger partial charge < -0.3 is 14.7 Å². The summed E-state index contributed by atoms with van der Waals surface area (Å²) >= 11 is 0. The lowest BCUT2D eigenvalue weighted by Crippen LogP contribution is -2.36. The van der Waals surface area contributed by atoms with Crippen molar-refractivity contribution in [1.29, 1.82) is 0 Å². The minimum Gasteiger partial charge on any atom is -0.488 e. The highest BCUT2D eigenvalue weighted by Gasteiger charge is 2.14. The first-order valence-electron chi connectivity index (χ1n) is 8.40. The number of rotatable bonds is 9. The third kappa shape index (κ3) is 4.82. The SMILES string of the molecule is CCOCn1c(Cc2cccc(OCC=NO)c2)c(CC)c(=O)[nH]c1=O. The zero-order valence-corrected chi connectivity index (χ0v) is 14.9. The molecule has 0 saturated carbocycles. The van der Waals surface area contributed by atoms with Crippen molar-refractivity contribution in [3.63, 3.8) is 0 Å². The topological polar surface area (TPSA) is 106 Å². The lowest BCUT2D eigenvalue weighted by atomic mass is 10.0. The molecule has 0 unspecified atom stereocenters. The van der Waals surface area contributed by atoms with Crippen LogP contribution in [0, 0.1) is 0 Å². The highest BCUT2D eigenvalue weighted by molar-refractivity contribution is 5.58. The van der Waals surface area contributed by atoms with E-state index in [1.54, 1.807) is 6.07 Å². The Labute approximate surface area is 150 Å². The first-order chi connectivity index (χ1) is 12.6. The number of oxime groups is 1. The lowest BCUT2D eigenvalue weighted by molar-refractivity contribution is 0.0822. The average Bonchev–Trinajstić information content (AvgIpc) is 2.62. The van der Waals surface area contributed by atoms with Crippen molar-refractivity contribution < 1.29 is 14.7 Å². The zero-order chi connectivity index (χ0) is 18.9. The number of nitrogens with zero attached hydrogens (tertiary/aromatic N) is 2. The number of H-pyrrole nitrogens is 1. The quantitative estimate of drug-likeness (QED) is 0.400. The Bertz CT molecular complexity index is 870. The van der Waals surface area contributed by atoms with Gasteiger partial charge in [0.15, 0.2) is 0 Å². The fourth-order valence-corrected chi connectivity index (χ4v) is 2.65. The van der Waals surface area contributed by atoms with Gasteiger partial charge >= 0.3 is 5.69 Å². The Balaban J connectivity index is 2.40. The second-order valence-corrected chi connectivity index (χ2v) is 5.52. The molecule has 0 radical (unpaired) electrons. The molecule has 26 heavy (non-hydrogen) atoms. The molecule has 0 spiro atoms. The van der Waals surface area contributed by atoms with Gasteiger partial charge in [0.2, 0.25) is 0 Å². The molecule has 8 heteroatoms. The van der Waals surface area contributed by atoms with E-state index in [1.165, 1.54) is 10.8 Å². The molecule has 0 fully saturated rings. The summed E-state index contributed by atoms with van der Waals surface area (Å²) in [6, 6.07) is 7.31. The minimum atomic E-state index is -0.484. The fourth-order valence-electron chi connectivity index (χ4n) is 2.65. The third-order valence-corrected chi connectivity index (χ3v) is 3.87. The molecular formula is C18H23N3O5. The number of benzene rings is 1. The van der Waals surface area contributed by atoms with Gasteiger partial charge in [-0.2, -0.15) is 0 Å². The van der Waals surface area contributed by atoms with Crippen LogP contribution in [-0.4, -0.2) is 34.2 Å². The standard InChI is InChI=1S/C18H23N3O5/c1-3-15-16(21(12-25-4-2)18(23)20-17(15)22)11-13-6-5-7-14(10-13)26-9-8-19-24/h5-8,10,24H,3-4,9,11-12H2,1-2H3,(H,20,22,23). The predicted molar refractivity (Wildman–Crippen MR) is 97.3 cm³/mol. The molecule has 2 N–H and O–H groups in total. The molecule has 0 saturated heterocycles. The Morgan fingerprint density at radius 3 is 2.81 bits per heavy atom. The summed E-state index contributed by atoms with van der Waals surface area (Å²) in [6.45, 7) is 4.39. The van der Waals surface area contributed by atoms with Crippen LogP contribution in [0.15, 0.2) is 39.0 Å². The summed E-state index contributed by atoms with van der Waals surface area (Å²) in [4.78, 5) is 26.8. The van der Waals surface area contributed by atoms with E-state index in [4.69, 9.17) is 14.7 Å². The van der Waals surface area contributed by atoms with E-state index in [-0.39, 0.29) is 18.9 Å². The van der Waals surface area contributed by atoms with E-state index in [2.05, 4.69) is 10.1 Å². The average molecular weight is 361 g/mol. The monoisotopic (exact) mass is 361 g/mol. The second-order valence-electron chi connectivity index (χ2n) is 5.52. The highest BCUT2D eigenvalue weighted by atomic mass is 16.5. The van der Waals surface area contributed by atoms with Crippen molar-refractivity contribution >= 4 is 6.21 Å². The smallest absolute Gasteiger partial charge is 0.330 e. The Morgan fingerprint density at radius 1 is 1.31 bits per heavy atom. The number of hydrogen-bond acceptors (Lipinski definition) is 6. The molecule has 140 valence electrons. The minimum absolute atomic E-state index is 0.0810. The first-order valence-corrected chi connectivity index (χ1v) is 8.40. The maximum Gasteiger partial charge on any atom is 0.330 e. The van der Waals surface area contributed by atoms with E-state index >= 15 is 0 Å². The third-order valence-electron chi connectivity index (χ3n) is 3.87. The maximum absolute atomic E-state index is 12.2. The van der Waals surface area contributed by atoms with Crippen LogP contribution in [-0.2, 0) is 24.3 Å². The van der Waals surface area contributed by atoms with Gasteiger partial charge in [-0.1, -0.05) is 24.2 Å². The van der Waals surface area contributed by atoms with Gasteiger partial charge in [-0.15, -0.1) is 0 Å². The number of ether oxygens (including phenoxy) is 2. The van der Waals surface area contributed by atoms with Crippen molar-refractivity contribution in [3.05, 3.63) is 61.9 Å². The van der Waals surface area contributed by atoms with Gasteiger partial charge in [-0.3, -0.25) is 14.3 Å². The van der Waals surface area contributed by atoms with Crippen molar-refractivity contribution in [2.24, 2.45) is 5.16 Å². The predicted octanol–water partition coefficient (Wildman–Crippen LogP) is 1.52. The van der Waals surface area contributed by atoms with Gasteiger partial charge in [-0.05, 0) is 31.0 Å². The highest BCUT2D eigenvalue weighted by Crippen LogP contribution is 2.17. The van der Waals surface area contributed by atoms with E-state index in [1.807, 2.05) is 32.0 Å². The van der Waals surface area contributed by atoms with Gasteiger partial charge in [0.05, 0.1) is 6.21 Å². The number of aromatic nitrogens is 2. The van der Waals surface area contributed by atoms with Crippen LogP contribution in [0.2, 0.25) is 0 Å². The molecule has 0 aliphatic rings. The molecule has 1 aromatic heterocycles. The molecule has 0 bridgehead atoms. The van der Waals surface area contributed by atoms with Crippen molar-refractivity contribution in [3.8, 4) is 5.75 Å². The summed E-state index contributed by atoms with van der Waals surface area (Å²) in [6.07, 6.45) is 2.12. The van der Waals surface area contributed by atoms with Gasteiger partial charge in [-0.25, -0.2) is 4.79 Å². The van der Waals surface area contributed by atoms with E-state index in [0.29, 0.717) is 36.5 Å². The zero-order valence-electron chi connectivity index (χ0n) is 14.9. The summed E-state index contributed by atoms with van der Waals surface area (Å²) in [5.41, 5.74) is 1.22. The Morgan fingerprint density at radius 2 is 2.12 bits per heavy atom. The summed E-state index contributed by atoms with van der Waals surface area (Å²) in [5.74, 6) is 0.601. The van der Waals surface area contributed by atoms with Crippen LogP contribution in [0.5, 0.6) is 5.75 Å².